The van der Waals surface area contributed by atoms with Gasteiger partial charge in [0.15, 0.2) is 0 Å². The Hall–Kier alpha value is -2.37. The Morgan fingerprint density at radius 2 is 1.72 bits per heavy atom. The minimum Gasteiger partial charge on any atom is -0.478 e. The first-order chi connectivity index (χ1) is 8.49. The van der Waals surface area contributed by atoms with E-state index >= 15 is 0 Å². The van der Waals surface area contributed by atoms with Gasteiger partial charge in [-0.15, -0.1) is 0 Å². The summed E-state index contributed by atoms with van der Waals surface area (Å²) < 4.78 is 39.6. The van der Waals surface area contributed by atoms with E-state index in [2.05, 4.69) is 4.98 Å². The fraction of sp³-hybridized carbons (Fsp3) is 0. The van der Waals surface area contributed by atoms with E-state index in [1.807, 2.05) is 0 Å². The molecular formula is C12H6F3NO2. The molecule has 6 heteroatoms. The zero-order chi connectivity index (χ0) is 13.3. The van der Waals surface area contributed by atoms with E-state index in [1.54, 1.807) is 0 Å². The van der Waals surface area contributed by atoms with Crippen LogP contribution >= 0.6 is 0 Å². The summed E-state index contributed by atoms with van der Waals surface area (Å²) in [5.41, 5.74) is -0.704. The molecule has 0 saturated carbocycles. The Kier molecular flexibility index (Phi) is 3.01. The van der Waals surface area contributed by atoms with Crippen molar-refractivity contribution in [3.05, 3.63) is 53.5 Å². The van der Waals surface area contributed by atoms with Crippen LogP contribution in [0, 0.1) is 17.5 Å². The van der Waals surface area contributed by atoms with Crippen molar-refractivity contribution >= 4 is 5.97 Å². The van der Waals surface area contributed by atoms with Gasteiger partial charge in [-0.25, -0.2) is 18.0 Å². The lowest BCUT2D eigenvalue weighted by Crippen LogP contribution is -1.99. The Bertz CT molecular complexity index is 588. The smallest absolute Gasteiger partial charge is 0.337 e. The van der Waals surface area contributed by atoms with Crippen molar-refractivity contribution in [1.29, 1.82) is 0 Å². The summed E-state index contributed by atoms with van der Waals surface area (Å²) in [6.45, 7) is 0. The highest BCUT2D eigenvalue weighted by Crippen LogP contribution is 2.25. The molecule has 1 N–H and O–H groups in total. The molecule has 2 rings (SSSR count). The van der Waals surface area contributed by atoms with E-state index in [4.69, 9.17) is 5.11 Å². The van der Waals surface area contributed by atoms with Crippen LogP contribution in [0.3, 0.4) is 0 Å². The van der Waals surface area contributed by atoms with Crippen molar-refractivity contribution in [3.8, 4) is 11.3 Å². The largest absolute Gasteiger partial charge is 0.478 e. The van der Waals surface area contributed by atoms with Crippen LogP contribution in [-0.4, -0.2) is 16.1 Å². The number of rotatable bonds is 2. The number of nitrogens with zero attached hydrogens (tertiary/aromatic N) is 1. The SMILES string of the molecule is O=C(O)c1ccc(-c2c(F)cc(F)cc2F)nc1. The number of carbonyl (C=O) groups is 1. The molecule has 0 saturated heterocycles. The summed E-state index contributed by atoms with van der Waals surface area (Å²) in [4.78, 5) is 14.2. The van der Waals surface area contributed by atoms with Gasteiger partial charge >= 0.3 is 5.97 Å². The van der Waals surface area contributed by atoms with Crippen molar-refractivity contribution in [1.82, 2.24) is 4.98 Å². The summed E-state index contributed by atoms with van der Waals surface area (Å²) in [5, 5.41) is 8.65. The summed E-state index contributed by atoms with van der Waals surface area (Å²) >= 11 is 0. The molecule has 0 aliphatic rings. The molecule has 2 aromatic rings. The van der Waals surface area contributed by atoms with Crippen molar-refractivity contribution in [2.45, 2.75) is 0 Å². The number of hydrogen-bond acceptors (Lipinski definition) is 2. The summed E-state index contributed by atoms with van der Waals surface area (Å²) in [6, 6.07) is 3.38. The van der Waals surface area contributed by atoms with Crippen LogP contribution in [0.25, 0.3) is 11.3 Å². The van der Waals surface area contributed by atoms with Gasteiger partial charge in [0, 0.05) is 18.3 Å². The lowest BCUT2D eigenvalue weighted by atomic mass is 10.1. The van der Waals surface area contributed by atoms with Gasteiger partial charge in [-0.1, -0.05) is 0 Å². The molecule has 0 unspecified atom stereocenters. The highest BCUT2D eigenvalue weighted by molar-refractivity contribution is 5.87. The number of pyridine rings is 1. The normalized spacial score (nSPS) is 10.4. The Labute approximate surface area is 99.5 Å². The van der Waals surface area contributed by atoms with Crippen molar-refractivity contribution in [3.63, 3.8) is 0 Å². The molecule has 3 nitrogen and oxygen atoms in total. The number of carboxylic acids is 1. The molecule has 1 aromatic carbocycles. The third-order valence-electron chi connectivity index (χ3n) is 2.27. The second-order valence-electron chi connectivity index (χ2n) is 3.48. The average molecular weight is 253 g/mol. The molecule has 92 valence electrons. The van der Waals surface area contributed by atoms with Crippen LogP contribution in [-0.2, 0) is 0 Å². The van der Waals surface area contributed by atoms with Gasteiger partial charge in [0.05, 0.1) is 16.8 Å². The summed E-state index contributed by atoms with van der Waals surface area (Å²) in [6.07, 6.45) is 0.972. The molecule has 1 aromatic heterocycles. The second-order valence-corrected chi connectivity index (χ2v) is 3.48. The van der Waals surface area contributed by atoms with Gasteiger partial charge in [-0.05, 0) is 12.1 Å². The number of aromatic carboxylic acids is 1. The first kappa shape index (κ1) is 12.1. The standard InChI is InChI=1S/C12H6F3NO2/c13-7-3-8(14)11(9(15)4-7)10-2-1-6(5-16-10)12(17)18/h1-5H,(H,17,18). The van der Waals surface area contributed by atoms with Gasteiger partial charge in [-0.3, -0.25) is 4.98 Å². The van der Waals surface area contributed by atoms with Crippen LogP contribution in [0.1, 0.15) is 10.4 Å². The summed E-state index contributed by atoms with van der Waals surface area (Å²) in [5.74, 6) is -4.42. The minimum atomic E-state index is -1.20. The van der Waals surface area contributed by atoms with Crippen LogP contribution in [0.2, 0.25) is 0 Å². The number of hydrogen-bond donors (Lipinski definition) is 1. The van der Waals surface area contributed by atoms with Crippen molar-refractivity contribution in [2.75, 3.05) is 0 Å². The predicted molar refractivity (Wildman–Crippen MR) is 56.5 cm³/mol. The molecule has 0 atom stereocenters. The van der Waals surface area contributed by atoms with E-state index in [0.29, 0.717) is 12.1 Å². The van der Waals surface area contributed by atoms with E-state index in [-0.39, 0.29) is 11.3 Å². The Morgan fingerprint density at radius 1 is 1.11 bits per heavy atom. The van der Waals surface area contributed by atoms with Gasteiger partial charge in [0.2, 0.25) is 0 Å². The molecule has 0 aliphatic heterocycles. The molecule has 0 radical (unpaired) electrons. The van der Waals surface area contributed by atoms with Crippen LogP contribution in [0.4, 0.5) is 13.2 Å². The first-order valence-electron chi connectivity index (χ1n) is 4.83. The van der Waals surface area contributed by atoms with E-state index < -0.39 is 29.0 Å². The highest BCUT2D eigenvalue weighted by Gasteiger charge is 2.15. The predicted octanol–water partition coefficient (Wildman–Crippen LogP) is 2.86. The topological polar surface area (TPSA) is 50.2 Å². The molecule has 0 bridgehead atoms. The molecule has 0 aliphatic carbocycles. The van der Waals surface area contributed by atoms with Gasteiger partial charge < -0.3 is 5.11 Å². The van der Waals surface area contributed by atoms with E-state index in [1.165, 1.54) is 0 Å². The number of carboxylic acid groups (broad SMARTS) is 1. The fourth-order valence-corrected chi connectivity index (χ4v) is 1.46. The van der Waals surface area contributed by atoms with Crippen LogP contribution in [0.5, 0.6) is 0 Å². The summed E-state index contributed by atoms with van der Waals surface area (Å²) in [7, 11) is 0. The molecule has 0 fully saturated rings. The molecule has 0 amide bonds. The molecular weight excluding hydrogens is 247 g/mol. The second kappa shape index (κ2) is 4.48. The van der Waals surface area contributed by atoms with E-state index in [0.717, 1.165) is 18.3 Å². The van der Waals surface area contributed by atoms with Crippen LogP contribution in [0.15, 0.2) is 30.5 Å². The maximum absolute atomic E-state index is 13.4. The van der Waals surface area contributed by atoms with Crippen molar-refractivity contribution in [2.24, 2.45) is 0 Å². The Morgan fingerprint density at radius 3 is 2.17 bits per heavy atom. The lowest BCUT2D eigenvalue weighted by Gasteiger charge is -2.05. The van der Waals surface area contributed by atoms with E-state index in [9.17, 15) is 18.0 Å². The molecule has 0 spiro atoms. The van der Waals surface area contributed by atoms with Gasteiger partial charge in [0.25, 0.3) is 0 Å². The fourth-order valence-electron chi connectivity index (χ4n) is 1.46. The minimum absolute atomic E-state index is 0.102. The zero-order valence-electron chi connectivity index (χ0n) is 8.82. The molecule has 1 heterocycles. The monoisotopic (exact) mass is 253 g/mol. The molecule has 18 heavy (non-hydrogen) atoms. The lowest BCUT2D eigenvalue weighted by molar-refractivity contribution is 0.0696. The van der Waals surface area contributed by atoms with Crippen LogP contribution < -0.4 is 0 Å². The highest BCUT2D eigenvalue weighted by atomic mass is 19.1. The number of aromatic nitrogens is 1. The first-order valence-corrected chi connectivity index (χ1v) is 4.83. The Balaban J connectivity index is 2.52. The van der Waals surface area contributed by atoms with Gasteiger partial charge in [-0.2, -0.15) is 0 Å². The average Bonchev–Trinajstić information content (AvgIpc) is 2.28. The third kappa shape index (κ3) is 2.17. The number of benzene rings is 1. The van der Waals surface area contributed by atoms with Gasteiger partial charge in [0.1, 0.15) is 17.5 Å². The third-order valence-corrected chi connectivity index (χ3v) is 2.27. The van der Waals surface area contributed by atoms with Crippen molar-refractivity contribution < 1.29 is 23.1 Å². The maximum atomic E-state index is 13.4. The quantitative estimate of drug-likeness (QED) is 0.895. The maximum Gasteiger partial charge on any atom is 0.337 e. The number of halogens is 3. The zero-order valence-corrected chi connectivity index (χ0v) is 8.82.